The van der Waals surface area contributed by atoms with Crippen molar-refractivity contribution in [3.8, 4) is 0 Å². The van der Waals surface area contributed by atoms with Crippen molar-refractivity contribution in [3.05, 3.63) is 16.6 Å². The zero-order chi connectivity index (χ0) is 12.1. The van der Waals surface area contributed by atoms with Gasteiger partial charge in [0, 0.05) is 11.9 Å². The molecule has 1 amide bonds. The maximum atomic E-state index is 11.7. The van der Waals surface area contributed by atoms with Crippen LogP contribution in [-0.4, -0.2) is 28.0 Å². The minimum Gasteiger partial charge on any atom is -0.391 e. The van der Waals surface area contributed by atoms with Gasteiger partial charge in [0.2, 0.25) is 0 Å². The molecule has 0 fully saturated rings. The number of aliphatic hydroxyl groups is 1. The predicted octanol–water partition coefficient (Wildman–Crippen LogP) is 1.59. The van der Waals surface area contributed by atoms with Crippen LogP contribution < -0.4 is 5.32 Å². The summed E-state index contributed by atoms with van der Waals surface area (Å²) in [5.41, 5.74) is 1.34. The van der Waals surface area contributed by atoms with Crippen LogP contribution in [0.5, 0.6) is 0 Å². The van der Waals surface area contributed by atoms with E-state index in [2.05, 4.69) is 9.69 Å². The van der Waals surface area contributed by atoms with Gasteiger partial charge in [-0.3, -0.25) is 4.79 Å². The average molecular weight is 242 g/mol. The number of hydrogen-bond donors (Lipinski definition) is 2. The molecule has 0 saturated carbocycles. The van der Waals surface area contributed by atoms with Crippen LogP contribution in [0.4, 0.5) is 0 Å². The SMILES string of the molecule is Cc1nscc1C(=O)NCC(O)CC(C)C. The van der Waals surface area contributed by atoms with Crippen LogP contribution >= 0.6 is 11.5 Å². The van der Waals surface area contributed by atoms with Crippen LogP contribution in [0.2, 0.25) is 0 Å². The van der Waals surface area contributed by atoms with Gasteiger partial charge in [0.25, 0.3) is 5.91 Å². The van der Waals surface area contributed by atoms with Crippen LogP contribution in [0.25, 0.3) is 0 Å². The van der Waals surface area contributed by atoms with E-state index in [-0.39, 0.29) is 5.91 Å². The van der Waals surface area contributed by atoms with Crippen LogP contribution in [0.3, 0.4) is 0 Å². The van der Waals surface area contributed by atoms with Crippen molar-refractivity contribution >= 4 is 17.4 Å². The molecular weight excluding hydrogens is 224 g/mol. The van der Waals surface area contributed by atoms with E-state index in [4.69, 9.17) is 0 Å². The summed E-state index contributed by atoms with van der Waals surface area (Å²) in [6, 6.07) is 0. The Morgan fingerprint density at radius 2 is 2.31 bits per heavy atom. The Morgan fingerprint density at radius 3 is 2.81 bits per heavy atom. The van der Waals surface area contributed by atoms with Crippen LogP contribution in [0, 0.1) is 12.8 Å². The molecule has 0 saturated heterocycles. The molecular formula is C11H18N2O2S. The number of aryl methyl sites for hydroxylation is 1. The quantitative estimate of drug-likeness (QED) is 0.824. The van der Waals surface area contributed by atoms with Gasteiger partial charge in [-0.25, -0.2) is 0 Å². The van der Waals surface area contributed by atoms with Gasteiger partial charge in [0.05, 0.1) is 17.4 Å². The molecule has 0 aliphatic rings. The summed E-state index contributed by atoms with van der Waals surface area (Å²) < 4.78 is 4.03. The topological polar surface area (TPSA) is 62.2 Å². The van der Waals surface area contributed by atoms with E-state index in [1.54, 1.807) is 12.3 Å². The molecule has 1 atom stereocenters. The molecule has 90 valence electrons. The monoisotopic (exact) mass is 242 g/mol. The van der Waals surface area contributed by atoms with Gasteiger partial charge in [-0.15, -0.1) is 0 Å². The second-order valence-electron chi connectivity index (χ2n) is 4.31. The summed E-state index contributed by atoms with van der Waals surface area (Å²) in [6.07, 6.45) is 0.220. The lowest BCUT2D eigenvalue weighted by atomic mass is 10.1. The third kappa shape index (κ3) is 3.90. The normalized spacial score (nSPS) is 12.8. The first kappa shape index (κ1) is 13.1. The van der Waals surface area contributed by atoms with Crippen molar-refractivity contribution in [1.82, 2.24) is 9.69 Å². The van der Waals surface area contributed by atoms with Gasteiger partial charge >= 0.3 is 0 Å². The Hall–Kier alpha value is -0.940. The van der Waals surface area contributed by atoms with E-state index in [0.717, 1.165) is 5.69 Å². The maximum Gasteiger partial charge on any atom is 0.254 e. The molecule has 0 aliphatic heterocycles. The minimum absolute atomic E-state index is 0.158. The molecule has 0 aliphatic carbocycles. The summed E-state index contributed by atoms with van der Waals surface area (Å²) in [5.74, 6) is 0.269. The summed E-state index contributed by atoms with van der Waals surface area (Å²) in [7, 11) is 0. The molecule has 1 aromatic rings. The summed E-state index contributed by atoms with van der Waals surface area (Å²) >= 11 is 1.27. The zero-order valence-corrected chi connectivity index (χ0v) is 10.7. The first-order valence-corrected chi connectivity index (χ1v) is 6.21. The van der Waals surface area contributed by atoms with Crippen molar-refractivity contribution in [2.24, 2.45) is 5.92 Å². The number of carbonyl (C=O) groups excluding carboxylic acids is 1. The molecule has 1 rings (SSSR count). The number of aromatic nitrogens is 1. The molecule has 0 bridgehead atoms. The number of nitrogens with one attached hydrogen (secondary N) is 1. The second kappa shape index (κ2) is 5.96. The summed E-state index contributed by atoms with van der Waals surface area (Å²) in [6.45, 7) is 6.18. The highest BCUT2D eigenvalue weighted by molar-refractivity contribution is 7.03. The standard InChI is InChI=1S/C11H18N2O2S/c1-7(2)4-9(14)5-12-11(15)10-6-16-13-8(10)3/h6-7,9,14H,4-5H2,1-3H3,(H,12,15). The third-order valence-corrected chi connectivity index (χ3v) is 2.96. The van der Waals surface area contributed by atoms with E-state index < -0.39 is 6.10 Å². The van der Waals surface area contributed by atoms with Crippen LogP contribution in [-0.2, 0) is 0 Å². The van der Waals surface area contributed by atoms with Gasteiger partial charge in [-0.1, -0.05) is 13.8 Å². The van der Waals surface area contributed by atoms with E-state index >= 15 is 0 Å². The molecule has 2 N–H and O–H groups in total. The first-order valence-electron chi connectivity index (χ1n) is 5.38. The highest BCUT2D eigenvalue weighted by Gasteiger charge is 2.13. The number of carbonyl (C=O) groups is 1. The number of aliphatic hydroxyl groups excluding tert-OH is 1. The molecule has 1 unspecified atom stereocenters. The fraction of sp³-hybridized carbons (Fsp3) is 0.636. The zero-order valence-electron chi connectivity index (χ0n) is 9.86. The predicted molar refractivity (Wildman–Crippen MR) is 64.6 cm³/mol. The Bertz CT molecular complexity index is 350. The lowest BCUT2D eigenvalue weighted by Crippen LogP contribution is -2.32. The minimum atomic E-state index is -0.476. The highest BCUT2D eigenvalue weighted by atomic mass is 32.1. The summed E-state index contributed by atoms with van der Waals surface area (Å²) in [4.78, 5) is 11.7. The molecule has 4 nitrogen and oxygen atoms in total. The van der Waals surface area contributed by atoms with E-state index in [1.165, 1.54) is 11.5 Å². The maximum absolute atomic E-state index is 11.7. The fourth-order valence-corrected chi connectivity index (χ4v) is 2.14. The van der Waals surface area contributed by atoms with Gasteiger partial charge in [0.15, 0.2) is 0 Å². The lowest BCUT2D eigenvalue weighted by molar-refractivity contribution is 0.0900. The second-order valence-corrected chi connectivity index (χ2v) is 4.94. The molecule has 16 heavy (non-hydrogen) atoms. The number of hydrogen-bond acceptors (Lipinski definition) is 4. The smallest absolute Gasteiger partial charge is 0.254 e. The average Bonchev–Trinajstić information content (AvgIpc) is 2.60. The number of nitrogens with zero attached hydrogens (tertiary/aromatic N) is 1. The van der Waals surface area contributed by atoms with Crippen molar-refractivity contribution < 1.29 is 9.90 Å². The van der Waals surface area contributed by atoms with Crippen LogP contribution in [0.1, 0.15) is 36.3 Å². The molecule has 0 radical (unpaired) electrons. The van der Waals surface area contributed by atoms with Crippen LogP contribution in [0.15, 0.2) is 5.38 Å². The van der Waals surface area contributed by atoms with E-state index in [1.807, 2.05) is 13.8 Å². The van der Waals surface area contributed by atoms with Gasteiger partial charge in [-0.05, 0) is 30.8 Å². The van der Waals surface area contributed by atoms with Gasteiger partial charge < -0.3 is 10.4 Å². The van der Waals surface area contributed by atoms with Gasteiger partial charge in [-0.2, -0.15) is 4.37 Å². The Morgan fingerprint density at radius 1 is 1.62 bits per heavy atom. The molecule has 5 heteroatoms. The van der Waals surface area contributed by atoms with Crippen molar-refractivity contribution in [1.29, 1.82) is 0 Å². The van der Waals surface area contributed by atoms with Gasteiger partial charge in [0.1, 0.15) is 0 Å². The summed E-state index contributed by atoms with van der Waals surface area (Å²) in [5, 5.41) is 14.0. The van der Waals surface area contributed by atoms with Crippen molar-refractivity contribution in [2.75, 3.05) is 6.54 Å². The number of amides is 1. The highest BCUT2D eigenvalue weighted by Crippen LogP contribution is 2.09. The Balaban J connectivity index is 2.39. The molecule has 1 heterocycles. The molecule has 1 aromatic heterocycles. The van der Waals surface area contributed by atoms with E-state index in [9.17, 15) is 9.90 Å². The first-order chi connectivity index (χ1) is 7.50. The lowest BCUT2D eigenvalue weighted by Gasteiger charge is -2.13. The largest absolute Gasteiger partial charge is 0.391 e. The Labute approximate surface area is 99.9 Å². The van der Waals surface area contributed by atoms with E-state index in [0.29, 0.717) is 24.4 Å². The Kier molecular flexibility index (Phi) is 4.89. The van der Waals surface area contributed by atoms with Crippen molar-refractivity contribution in [3.63, 3.8) is 0 Å². The molecule has 0 spiro atoms. The third-order valence-electron chi connectivity index (χ3n) is 2.24. The number of rotatable bonds is 5. The van der Waals surface area contributed by atoms with Crippen molar-refractivity contribution in [2.45, 2.75) is 33.3 Å². The molecule has 0 aromatic carbocycles. The fourth-order valence-electron chi connectivity index (χ4n) is 1.44.